The Labute approximate surface area is 90.4 Å². The Hall–Kier alpha value is -0.950. The molecule has 0 bridgehead atoms. The zero-order chi connectivity index (χ0) is 11.9. The van der Waals surface area contributed by atoms with Crippen LogP contribution in [0.25, 0.3) is 0 Å². The number of hydrogen-bond acceptors (Lipinski definition) is 5. The van der Waals surface area contributed by atoms with Gasteiger partial charge in [0.1, 0.15) is 0 Å². The molecular weight excluding hydrogens is 198 g/mol. The number of nitrogens with two attached hydrogens (primary N) is 3. The Morgan fingerprint density at radius 2 is 1.40 bits per heavy atom. The third-order valence-corrected chi connectivity index (χ3v) is 1.10. The summed E-state index contributed by atoms with van der Waals surface area (Å²) in [5, 5.41) is 0. The highest BCUT2D eigenvalue weighted by atomic mass is 16.5. The molecule has 0 saturated carbocycles. The van der Waals surface area contributed by atoms with Gasteiger partial charge < -0.3 is 26.7 Å². The summed E-state index contributed by atoms with van der Waals surface area (Å²) in [6, 6.07) is 0. The quantitative estimate of drug-likeness (QED) is 0.343. The Balaban J connectivity index is 0. The molecule has 0 aliphatic heterocycles. The van der Waals surface area contributed by atoms with Gasteiger partial charge in [-0.15, -0.1) is 0 Å². The van der Waals surface area contributed by atoms with Crippen molar-refractivity contribution in [3.63, 3.8) is 0 Å². The standard InChI is InChI=1S/C6H16N2O2.C3H5NO/c7-1-3-9-5-6-10-4-2-8;1-2-3(4)5/h1-8H2;2H,1H2,(H2,4,5). The molecule has 0 aromatic heterocycles. The maximum absolute atomic E-state index is 9.47. The first kappa shape index (κ1) is 16.5. The molecule has 0 radical (unpaired) electrons. The Morgan fingerprint density at radius 1 is 1.07 bits per heavy atom. The second kappa shape index (κ2) is 15.5. The van der Waals surface area contributed by atoms with E-state index in [1.807, 2.05) is 0 Å². The highest BCUT2D eigenvalue weighted by molar-refractivity contribution is 5.84. The van der Waals surface area contributed by atoms with Gasteiger partial charge in [-0.1, -0.05) is 6.58 Å². The van der Waals surface area contributed by atoms with Crippen LogP contribution in [0.3, 0.4) is 0 Å². The average Bonchev–Trinajstić information content (AvgIpc) is 2.24. The molecule has 6 N–H and O–H groups in total. The molecular formula is C9H21N3O3. The summed E-state index contributed by atoms with van der Waals surface area (Å²) in [7, 11) is 0. The summed E-state index contributed by atoms with van der Waals surface area (Å²) < 4.78 is 10.1. The zero-order valence-electron chi connectivity index (χ0n) is 8.98. The second-order valence-electron chi connectivity index (χ2n) is 2.41. The lowest BCUT2D eigenvalue weighted by atomic mass is 10.6. The monoisotopic (exact) mass is 219 g/mol. The number of amides is 1. The minimum atomic E-state index is -0.481. The Morgan fingerprint density at radius 3 is 1.60 bits per heavy atom. The van der Waals surface area contributed by atoms with E-state index in [-0.39, 0.29) is 0 Å². The van der Waals surface area contributed by atoms with Crippen molar-refractivity contribution in [2.24, 2.45) is 17.2 Å². The molecule has 0 heterocycles. The molecule has 0 aromatic rings. The Kier molecular flexibility index (Phi) is 17.0. The van der Waals surface area contributed by atoms with Gasteiger partial charge in [-0.2, -0.15) is 0 Å². The van der Waals surface area contributed by atoms with Crippen LogP contribution in [0.2, 0.25) is 0 Å². The van der Waals surface area contributed by atoms with E-state index in [0.29, 0.717) is 39.5 Å². The van der Waals surface area contributed by atoms with Crippen molar-refractivity contribution < 1.29 is 14.3 Å². The van der Waals surface area contributed by atoms with Crippen molar-refractivity contribution in [3.05, 3.63) is 12.7 Å². The molecule has 0 atom stereocenters. The van der Waals surface area contributed by atoms with E-state index in [1.54, 1.807) is 0 Å². The van der Waals surface area contributed by atoms with Crippen LogP contribution in [0.1, 0.15) is 0 Å². The molecule has 0 aliphatic carbocycles. The lowest BCUT2D eigenvalue weighted by Gasteiger charge is -2.02. The predicted octanol–water partition coefficient (Wildman–Crippen LogP) is -1.41. The van der Waals surface area contributed by atoms with Gasteiger partial charge in [-0.25, -0.2) is 0 Å². The smallest absolute Gasteiger partial charge is 0.240 e. The van der Waals surface area contributed by atoms with E-state index in [9.17, 15) is 4.79 Å². The zero-order valence-corrected chi connectivity index (χ0v) is 8.98. The van der Waals surface area contributed by atoms with Crippen LogP contribution < -0.4 is 17.2 Å². The van der Waals surface area contributed by atoms with Crippen LogP contribution >= 0.6 is 0 Å². The summed E-state index contributed by atoms with van der Waals surface area (Å²) >= 11 is 0. The number of carbonyl (C=O) groups excluding carboxylic acids is 1. The summed E-state index contributed by atoms with van der Waals surface area (Å²) in [6.45, 7) is 6.64. The van der Waals surface area contributed by atoms with E-state index in [0.717, 1.165) is 6.08 Å². The molecule has 6 heteroatoms. The maximum Gasteiger partial charge on any atom is 0.240 e. The molecule has 90 valence electrons. The highest BCUT2D eigenvalue weighted by Crippen LogP contribution is 1.75. The molecule has 0 unspecified atom stereocenters. The molecule has 6 nitrogen and oxygen atoms in total. The van der Waals surface area contributed by atoms with Crippen molar-refractivity contribution >= 4 is 5.91 Å². The number of ether oxygens (including phenoxy) is 2. The van der Waals surface area contributed by atoms with Crippen molar-refractivity contribution in [2.45, 2.75) is 0 Å². The van der Waals surface area contributed by atoms with E-state index in [1.165, 1.54) is 0 Å². The van der Waals surface area contributed by atoms with E-state index in [2.05, 4.69) is 12.3 Å². The van der Waals surface area contributed by atoms with Gasteiger partial charge in [0.15, 0.2) is 0 Å². The summed E-state index contributed by atoms with van der Waals surface area (Å²) in [5.74, 6) is -0.481. The third-order valence-electron chi connectivity index (χ3n) is 1.10. The van der Waals surface area contributed by atoms with Crippen molar-refractivity contribution in [2.75, 3.05) is 39.5 Å². The third kappa shape index (κ3) is 24.6. The molecule has 0 fully saturated rings. The summed E-state index contributed by atoms with van der Waals surface area (Å²) in [4.78, 5) is 9.47. The number of hydrogen-bond donors (Lipinski definition) is 3. The second-order valence-corrected chi connectivity index (χ2v) is 2.41. The van der Waals surface area contributed by atoms with Gasteiger partial charge >= 0.3 is 0 Å². The fourth-order valence-electron chi connectivity index (χ4n) is 0.489. The number of primary amides is 1. The number of carbonyl (C=O) groups is 1. The van der Waals surface area contributed by atoms with E-state index >= 15 is 0 Å². The van der Waals surface area contributed by atoms with Gasteiger partial charge in [0.05, 0.1) is 26.4 Å². The average molecular weight is 219 g/mol. The normalized spacial score (nSPS) is 8.93. The Bertz CT molecular complexity index is 146. The highest BCUT2D eigenvalue weighted by Gasteiger charge is 1.85. The molecule has 0 rings (SSSR count). The largest absolute Gasteiger partial charge is 0.378 e. The van der Waals surface area contributed by atoms with Gasteiger partial charge in [-0.05, 0) is 6.08 Å². The van der Waals surface area contributed by atoms with Crippen LogP contribution in [-0.4, -0.2) is 45.4 Å². The SMILES string of the molecule is C=CC(N)=O.NCCOCCOCCN. The fraction of sp³-hybridized carbons (Fsp3) is 0.667. The molecule has 15 heavy (non-hydrogen) atoms. The van der Waals surface area contributed by atoms with E-state index in [4.69, 9.17) is 20.9 Å². The first-order chi connectivity index (χ1) is 7.18. The van der Waals surface area contributed by atoms with Crippen LogP contribution in [0, 0.1) is 0 Å². The van der Waals surface area contributed by atoms with Crippen molar-refractivity contribution in [1.29, 1.82) is 0 Å². The van der Waals surface area contributed by atoms with Gasteiger partial charge in [0.2, 0.25) is 5.91 Å². The minimum Gasteiger partial charge on any atom is -0.378 e. The van der Waals surface area contributed by atoms with Gasteiger partial charge in [0, 0.05) is 13.1 Å². The molecule has 0 saturated heterocycles. The first-order valence-electron chi connectivity index (χ1n) is 4.66. The van der Waals surface area contributed by atoms with Gasteiger partial charge in [-0.3, -0.25) is 4.79 Å². The van der Waals surface area contributed by atoms with Crippen LogP contribution in [0.5, 0.6) is 0 Å². The van der Waals surface area contributed by atoms with Crippen molar-refractivity contribution in [1.82, 2.24) is 0 Å². The van der Waals surface area contributed by atoms with Crippen LogP contribution in [0.15, 0.2) is 12.7 Å². The maximum atomic E-state index is 9.47. The van der Waals surface area contributed by atoms with Crippen LogP contribution in [-0.2, 0) is 14.3 Å². The first-order valence-corrected chi connectivity index (χ1v) is 4.66. The molecule has 1 amide bonds. The summed E-state index contributed by atoms with van der Waals surface area (Å²) in [5.41, 5.74) is 14.9. The van der Waals surface area contributed by atoms with Crippen LogP contribution in [0.4, 0.5) is 0 Å². The summed E-state index contributed by atoms with van der Waals surface area (Å²) in [6.07, 6.45) is 1.06. The lowest BCUT2D eigenvalue weighted by Crippen LogP contribution is -2.14. The van der Waals surface area contributed by atoms with Crippen molar-refractivity contribution in [3.8, 4) is 0 Å². The molecule has 0 aromatic carbocycles. The molecule has 0 spiro atoms. The minimum absolute atomic E-state index is 0.481. The van der Waals surface area contributed by atoms with Gasteiger partial charge in [0.25, 0.3) is 0 Å². The lowest BCUT2D eigenvalue weighted by molar-refractivity contribution is -0.113. The fourth-order valence-corrected chi connectivity index (χ4v) is 0.489. The van der Waals surface area contributed by atoms with E-state index < -0.39 is 5.91 Å². The molecule has 0 aliphatic rings. The predicted molar refractivity (Wildman–Crippen MR) is 59.1 cm³/mol. The topological polar surface area (TPSA) is 114 Å². The number of rotatable bonds is 8.